The summed E-state index contributed by atoms with van der Waals surface area (Å²) in [5, 5.41) is 5.90. The summed E-state index contributed by atoms with van der Waals surface area (Å²) in [6, 6.07) is 9.07. The highest BCUT2D eigenvalue weighted by atomic mass is 16.5. The molecule has 0 amide bonds. The molecule has 1 aliphatic carbocycles. The molecular formula is C20H27N2O+. The zero-order chi connectivity index (χ0) is 15.3. The molecule has 3 heterocycles. The Kier molecular flexibility index (Phi) is 3.26. The zero-order valence-electron chi connectivity index (χ0n) is 13.9. The van der Waals surface area contributed by atoms with Crippen molar-refractivity contribution in [3.8, 4) is 0 Å². The standard InChI is InChI=1S/C20H27N2O/c1-6-12-22(13-7-1)14-15-8-2-3-9-16(15)20(22)19-17-10-4-5-11-18(17)23-21-19/h4-5,10-11,15-16,20H,1-3,6-9,12-14H2/q+1. The molecule has 3 aliphatic rings. The molecule has 0 N–H and O–H groups in total. The summed E-state index contributed by atoms with van der Waals surface area (Å²) in [7, 11) is 0. The Morgan fingerprint density at radius 2 is 1.78 bits per heavy atom. The average Bonchev–Trinajstić information content (AvgIpc) is 3.14. The Labute approximate surface area is 138 Å². The van der Waals surface area contributed by atoms with Crippen LogP contribution in [0.4, 0.5) is 0 Å². The second-order valence-corrected chi connectivity index (χ2v) is 8.13. The molecule has 5 rings (SSSR count). The van der Waals surface area contributed by atoms with Gasteiger partial charge in [0.25, 0.3) is 0 Å². The number of nitrogens with zero attached hydrogens (tertiary/aromatic N) is 2. The highest BCUT2D eigenvalue weighted by Gasteiger charge is 2.56. The summed E-state index contributed by atoms with van der Waals surface area (Å²) in [6.45, 7) is 4.12. The van der Waals surface area contributed by atoms with E-state index in [4.69, 9.17) is 4.52 Å². The molecule has 1 aromatic carbocycles. The average molecular weight is 311 g/mol. The van der Waals surface area contributed by atoms with Crippen molar-refractivity contribution in [3.05, 3.63) is 30.0 Å². The van der Waals surface area contributed by atoms with Crippen molar-refractivity contribution in [1.29, 1.82) is 0 Å². The number of piperidine rings is 1. The Hall–Kier alpha value is -1.35. The van der Waals surface area contributed by atoms with E-state index in [9.17, 15) is 0 Å². The van der Waals surface area contributed by atoms with E-state index < -0.39 is 0 Å². The molecule has 3 nitrogen and oxygen atoms in total. The maximum Gasteiger partial charge on any atom is 0.167 e. The van der Waals surface area contributed by atoms with Crippen molar-refractivity contribution in [2.75, 3.05) is 19.6 Å². The van der Waals surface area contributed by atoms with Gasteiger partial charge in [0.15, 0.2) is 5.58 Å². The zero-order valence-corrected chi connectivity index (χ0v) is 13.9. The number of para-hydroxylation sites is 1. The molecule has 2 saturated heterocycles. The Balaban J connectivity index is 1.64. The van der Waals surface area contributed by atoms with E-state index in [1.165, 1.54) is 80.1 Å². The summed E-state index contributed by atoms with van der Waals surface area (Å²) in [4.78, 5) is 0. The van der Waals surface area contributed by atoms with Gasteiger partial charge in [-0.1, -0.05) is 30.1 Å². The van der Waals surface area contributed by atoms with E-state index in [2.05, 4.69) is 29.4 Å². The van der Waals surface area contributed by atoms with Crippen molar-refractivity contribution >= 4 is 11.0 Å². The van der Waals surface area contributed by atoms with Crippen LogP contribution in [-0.2, 0) is 0 Å². The minimum absolute atomic E-state index is 0.587. The Morgan fingerprint density at radius 1 is 0.957 bits per heavy atom. The highest BCUT2D eigenvalue weighted by molar-refractivity contribution is 5.79. The normalized spacial score (nSPS) is 33.1. The SMILES string of the molecule is c1ccc2c(C3C4CCCCC4C[N+]34CCCCC4)noc2c1. The van der Waals surface area contributed by atoms with Gasteiger partial charge in [0.1, 0.15) is 11.7 Å². The van der Waals surface area contributed by atoms with Crippen LogP contribution >= 0.6 is 0 Å². The number of quaternary nitrogens is 1. The van der Waals surface area contributed by atoms with Crippen LogP contribution in [0.5, 0.6) is 0 Å². The van der Waals surface area contributed by atoms with Crippen LogP contribution in [0.3, 0.4) is 0 Å². The summed E-state index contributed by atoms with van der Waals surface area (Å²) < 4.78 is 7.03. The third-order valence-electron chi connectivity index (χ3n) is 6.95. The molecule has 3 heteroatoms. The fourth-order valence-electron chi connectivity index (χ4n) is 6.05. The van der Waals surface area contributed by atoms with Gasteiger partial charge in [-0.2, -0.15) is 0 Å². The Morgan fingerprint density at radius 3 is 2.70 bits per heavy atom. The van der Waals surface area contributed by atoms with Crippen LogP contribution in [0.2, 0.25) is 0 Å². The van der Waals surface area contributed by atoms with Crippen LogP contribution in [-0.4, -0.2) is 29.3 Å². The van der Waals surface area contributed by atoms with Gasteiger partial charge in [-0.25, -0.2) is 0 Å². The van der Waals surface area contributed by atoms with Gasteiger partial charge in [-0.05, 0) is 44.2 Å². The number of benzene rings is 1. The maximum absolute atomic E-state index is 5.72. The Bertz CT molecular complexity index is 700. The fraction of sp³-hybridized carbons (Fsp3) is 0.650. The first kappa shape index (κ1) is 14.0. The van der Waals surface area contributed by atoms with Crippen molar-refractivity contribution in [1.82, 2.24) is 5.16 Å². The summed E-state index contributed by atoms with van der Waals surface area (Å²) in [5.74, 6) is 1.75. The molecule has 0 radical (unpaired) electrons. The molecule has 0 bridgehead atoms. The number of rotatable bonds is 1. The molecule has 122 valence electrons. The van der Waals surface area contributed by atoms with E-state index in [0.29, 0.717) is 6.04 Å². The monoisotopic (exact) mass is 311 g/mol. The van der Waals surface area contributed by atoms with Gasteiger partial charge >= 0.3 is 0 Å². The van der Waals surface area contributed by atoms with Crippen LogP contribution in [0.25, 0.3) is 11.0 Å². The van der Waals surface area contributed by atoms with E-state index in [1.54, 1.807) is 0 Å². The van der Waals surface area contributed by atoms with Gasteiger partial charge in [-0.15, -0.1) is 0 Å². The second-order valence-electron chi connectivity index (χ2n) is 8.13. The van der Waals surface area contributed by atoms with Gasteiger partial charge in [-0.3, -0.25) is 0 Å². The van der Waals surface area contributed by atoms with E-state index >= 15 is 0 Å². The number of hydrogen-bond acceptors (Lipinski definition) is 2. The lowest BCUT2D eigenvalue weighted by Gasteiger charge is -2.43. The van der Waals surface area contributed by atoms with Crippen molar-refractivity contribution in [2.24, 2.45) is 11.8 Å². The molecule has 1 spiro atoms. The lowest BCUT2D eigenvalue weighted by molar-refractivity contribution is -0.952. The molecule has 2 aromatic rings. The molecule has 23 heavy (non-hydrogen) atoms. The van der Waals surface area contributed by atoms with Gasteiger partial charge in [0.2, 0.25) is 0 Å². The van der Waals surface area contributed by atoms with Gasteiger partial charge < -0.3 is 9.01 Å². The lowest BCUT2D eigenvalue weighted by atomic mass is 9.77. The first-order valence-electron chi connectivity index (χ1n) is 9.57. The largest absolute Gasteiger partial charge is 0.356 e. The molecule has 3 atom stereocenters. The van der Waals surface area contributed by atoms with Crippen LogP contribution in [0, 0.1) is 11.8 Å². The van der Waals surface area contributed by atoms with Crippen LogP contribution in [0.15, 0.2) is 28.8 Å². The highest BCUT2D eigenvalue weighted by Crippen LogP contribution is 2.54. The van der Waals surface area contributed by atoms with E-state index in [0.717, 1.165) is 17.4 Å². The van der Waals surface area contributed by atoms with Gasteiger partial charge in [0.05, 0.1) is 25.0 Å². The molecule has 1 saturated carbocycles. The van der Waals surface area contributed by atoms with Crippen LogP contribution < -0.4 is 0 Å². The maximum atomic E-state index is 5.72. The van der Waals surface area contributed by atoms with Crippen LogP contribution in [0.1, 0.15) is 56.7 Å². The quantitative estimate of drug-likeness (QED) is 0.714. The number of aromatic nitrogens is 1. The first-order chi connectivity index (χ1) is 11.4. The number of fused-ring (bicyclic) bond motifs is 2. The predicted octanol–water partition coefficient (Wildman–Crippen LogP) is 4.69. The summed E-state index contributed by atoms with van der Waals surface area (Å²) in [5.41, 5.74) is 2.24. The molecule has 3 fully saturated rings. The third-order valence-corrected chi connectivity index (χ3v) is 6.95. The van der Waals surface area contributed by atoms with Gasteiger partial charge in [0, 0.05) is 11.8 Å². The number of hydrogen-bond donors (Lipinski definition) is 0. The second kappa shape index (κ2) is 5.34. The smallest absolute Gasteiger partial charge is 0.167 e. The summed E-state index contributed by atoms with van der Waals surface area (Å²) in [6.07, 6.45) is 9.90. The fourth-order valence-corrected chi connectivity index (χ4v) is 6.05. The molecule has 1 aromatic heterocycles. The van der Waals surface area contributed by atoms with E-state index in [1.807, 2.05) is 0 Å². The first-order valence-corrected chi connectivity index (χ1v) is 9.57. The lowest BCUT2D eigenvalue weighted by Crippen LogP contribution is -2.51. The third kappa shape index (κ3) is 2.09. The van der Waals surface area contributed by atoms with Crippen molar-refractivity contribution in [2.45, 2.75) is 51.0 Å². The topological polar surface area (TPSA) is 26.0 Å². The van der Waals surface area contributed by atoms with E-state index in [-0.39, 0.29) is 0 Å². The minimum atomic E-state index is 0.587. The molecule has 2 aliphatic heterocycles. The predicted molar refractivity (Wildman–Crippen MR) is 90.9 cm³/mol. The van der Waals surface area contributed by atoms with Crippen molar-refractivity contribution < 1.29 is 9.01 Å². The summed E-state index contributed by atoms with van der Waals surface area (Å²) >= 11 is 0. The minimum Gasteiger partial charge on any atom is -0.356 e. The molecule has 3 unspecified atom stereocenters. The van der Waals surface area contributed by atoms with Crippen molar-refractivity contribution in [3.63, 3.8) is 0 Å². The molecular weight excluding hydrogens is 284 g/mol.